The van der Waals surface area contributed by atoms with Gasteiger partial charge in [0.1, 0.15) is 5.82 Å². The highest BCUT2D eigenvalue weighted by Gasteiger charge is 2.24. The molecule has 1 heterocycles. The first kappa shape index (κ1) is 14.9. The molecule has 0 saturated carbocycles. The van der Waals surface area contributed by atoms with Crippen molar-refractivity contribution in [1.29, 1.82) is 0 Å². The lowest BCUT2D eigenvalue weighted by molar-refractivity contribution is -0.138. The van der Waals surface area contributed by atoms with Crippen LogP contribution in [-0.2, 0) is 4.79 Å². The van der Waals surface area contributed by atoms with Crippen molar-refractivity contribution < 1.29 is 19.1 Å². The van der Waals surface area contributed by atoms with Gasteiger partial charge in [0.15, 0.2) is 0 Å². The fourth-order valence-corrected chi connectivity index (χ4v) is 2.65. The maximum absolute atomic E-state index is 13.0. The van der Waals surface area contributed by atoms with E-state index in [9.17, 15) is 14.0 Å². The topological polar surface area (TPSA) is 60.9 Å². The highest BCUT2D eigenvalue weighted by atomic mass is 79.9. The van der Waals surface area contributed by atoms with Crippen molar-refractivity contribution in [3.63, 3.8) is 0 Å². The quantitative estimate of drug-likeness (QED) is 0.901. The van der Waals surface area contributed by atoms with E-state index < -0.39 is 11.8 Å². The van der Waals surface area contributed by atoms with Crippen LogP contribution in [0.4, 0.5) is 4.39 Å². The molecule has 0 unspecified atom stereocenters. The van der Waals surface area contributed by atoms with Crippen molar-refractivity contribution in [1.82, 2.24) is 9.80 Å². The third-order valence-electron chi connectivity index (χ3n) is 3.18. The van der Waals surface area contributed by atoms with E-state index >= 15 is 0 Å². The highest BCUT2D eigenvalue weighted by molar-refractivity contribution is 9.10. The van der Waals surface area contributed by atoms with Crippen LogP contribution in [0, 0.1) is 5.82 Å². The van der Waals surface area contributed by atoms with Crippen LogP contribution in [0.2, 0.25) is 0 Å². The van der Waals surface area contributed by atoms with Crippen molar-refractivity contribution in [3.05, 3.63) is 34.1 Å². The van der Waals surface area contributed by atoms with Crippen molar-refractivity contribution in [2.75, 3.05) is 32.7 Å². The molecular formula is C13H14BrFN2O3. The summed E-state index contributed by atoms with van der Waals surface area (Å²) in [5.74, 6) is -1.45. The molecule has 1 amide bonds. The molecule has 1 N–H and O–H groups in total. The summed E-state index contributed by atoms with van der Waals surface area (Å²) in [4.78, 5) is 26.3. The second-order valence-corrected chi connectivity index (χ2v) is 5.44. The third-order valence-corrected chi connectivity index (χ3v) is 3.84. The molecule has 7 heteroatoms. The highest BCUT2D eigenvalue weighted by Crippen LogP contribution is 2.20. The fraction of sp³-hybridized carbons (Fsp3) is 0.385. The zero-order valence-corrected chi connectivity index (χ0v) is 12.3. The number of carboxylic acid groups (broad SMARTS) is 1. The van der Waals surface area contributed by atoms with Crippen LogP contribution in [0.5, 0.6) is 0 Å². The van der Waals surface area contributed by atoms with Gasteiger partial charge in [-0.15, -0.1) is 0 Å². The van der Waals surface area contributed by atoms with Gasteiger partial charge in [-0.3, -0.25) is 14.5 Å². The van der Waals surface area contributed by atoms with E-state index in [4.69, 9.17) is 5.11 Å². The van der Waals surface area contributed by atoms with Crippen LogP contribution >= 0.6 is 15.9 Å². The number of aliphatic carboxylic acids is 1. The first-order valence-corrected chi connectivity index (χ1v) is 6.95. The van der Waals surface area contributed by atoms with Gasteiger partial charge in [0.2, 0.25) is 0 Å². The predicted molar refractivity (Wildman–Crippen MR) is 74.1 cm³/mol. The van der Waals surface area contributed by atoms with Crippen molar-refractivity contribution in [3.8, 4) is 0 Å². The minimum atomic E-state index is -0.869. The fourth-order valence-electron chi connectivity index (χ4n) is 2.13. The number of benzene rings is 1. The Hall–Kier alpha value is -1.47. The Morgan fingerprint density at radius 1 is 1.25 bits per heavy atom. The van der Waals surface area contributed by atoms with Gasteiger partial charge in [-0.2, -0.15) is 0 Å². The lowest BCUT2D eigenvalue weighted by atomic mass is 10.1. The summed E-state index contributed by atoms with van der Waals surface area (Å²) in [6.07, 6.45) is 0. The number of hydrogen-bond acceptors (Lipinski definition) is 3. The Morgan fingerprint density at radius 3 is 2.45 bits per heavy atom. The molecule has 5 nitrogen and oxygen atoms in total. The van der Waals surface area contributed by atoms with Crippen LogP contribution in [0.3, 0.4) is 0 Å². The molecule has 1 saturated heterocycles. The summed E-state index contributed by atoms with van der Waals surface area (Å²) in [5.41, 5.74) is 0.415. The normalized spacial score (nSPS) is 16.2. The number of piperazine rings is 1. The number of rotatable bonds is 3. The van der Waals surface area contributed by atoms with Gasteiger partial charge in [0.05, 0.1) is 12.1 Å². The molecule has 0 bridgehead atoms. The zero-order chi connectivity index (χ0) is 14.7. The van der Waals surface area contributed by atoms with Gasteiger partial charge in [-0.05, 0) is 34.1 Å². The maximum atomic E-state index is 13.0. The standard InChI is InChI=1S/C13H14BrFN2O3/c14-11-7-9(15)1-2-10(11)13(20)17-5-3-16(4-6-17)8-12(18)19/h1-2,7H,3-6,8H2,(H,18,19). The average Bonchev–Trinajstić information content (AvgIpc) is 2.38. The van der Waals surface area contributed by atoms with Crippen LogP contribution in [-0.4, -0.2) is 59.5 Å². The van der Waals surface area contributed by atoms with Crippen molar-refractivity contribution in [2.45, 2.75) is 0 Å². The van der Waals surface area contributed by atoms with Gasteiger partial charge in [0.25, 0.3) is 5.91 Å². The summed E-state index contributed by atoms with van der Waals surface area (Å²) in [6.45, 7) is 1.97. The number of halogens is 2. The number of carboxylic acids is 1. The molecule has 1 aliphatic rings. The number of carbonyl (C=O) groups excluding carboxylic acids is 1. The van der Waals surface area contributed by atoms with Gasteiger partial charge in [-0.25, -0.2) is 4.39 Å². The third kappa shape index (κ3) is 3.55. The van der Waals surface area contributed by atoms with Gasteiger partial charge in [-0.1, -0.05) is 0 Å². The van der Waals surface area contributed by atoms with Crippen molar-refractivity contribution >= 4 is 27.8 Å². The minimum absolute atomic E-state index is 0.0116. The number of nitrogens with zero attached hydrogens (tertiary/aromatic N) is 2. The molecule has 0 spiro atoms. The van der Waals surface area contributed by atoms with Crippen LogP contribution in [0.25, 0.3) is 0 Å². The SMILES string of the molecule is O=C(O)CN1CCN(C(=O)c2ccc(F)cc2Br)CC1. The van der Waals surface area contributed by atoms with E-state index in [1.165, 1.54) is 18.2 Å². The molecule has 108 valence electrons. The Morgan fingerprint density at radius 2 is 1.90 bits per heavy atom. The largest absolute Gasteiger partial charge is 0.480 e. The van der Waals surface area contributed by atoms with E-state index in [1.807, 2.05) is 0 Å². The average molecular weight is 345 g/mol. The minimum Gasteiger partial charge on any atom is -0.480 e. The second-order valence-electron chi connectivity index (χ2n) is 4.59. The van der Waals surface area contributed by atoms with Crippen molar-refractivity contribution in [2.24, 2.45) is 0 Å². The molecule has 1 fully saturated rings. The van der Waals surface area contributed by atoms with E-state index in [0.717, 1.165) is 0 Å². The predicted octanol–water partition coefficient (Wildman–Crippen LogP) is 1.43. The molecule has 20 heavy (non-hydrogen) atoms. The first-order chi connectivity index (χ1) is 9.47. The molecule has 0 aromatic heterocycles. The summed E-state index contributed by atoms with van der Waals surface area (Å²) >= 11 is 3.18. The molecule has 1 aromatic carbocycles. The second kappa shape index (κ2) is 6.32. The zero-order valence-electron chi connectivity index (χ0n) is 10.7. The van der Waals surface area contributed by atoms with E-state index in [1.54, 1.807) is 9.80 Å². The van der Waals surface area contributed by atoms with Crippen LogP contribution in [0.1, 0.15) is 10.4 Å². The summed E-state index contributed by atoms with van der Waals surface area (Å²) in [7, 11) is 0. The number of carbonyl (C=O) groups is 2. The first-order valence-electron chi connectivity index (χ1n) is 6.16. The Kier molecular flexibility index (Phi) is 4.72. The molecule has 2 rings (SSSR count). The smallest absolute Gasteiger partial charge is 0.317 e. The molecular weight excluding hydrogens is 331 g/mol. The molecule has 0 aliphatic carbocycles. The van der Waals surface area contributed by atoms with E-state index in [0.29, 0.717) is 36.2 Å². The van der Waals surface area contributed by atoms with E-state index in [-0.39, 0.29) is 12.5 Å². The van der Waals surface area contributed by atoms with Crippen LogP contribution in [0.15, 0.2) is 22.7 Å². The summed E-state index contributed by atoms with van der Waals surface area (Å²) in [6, 6.07) is 3.96. The molecule has 1 aliphatic heterocycles. The summed E-state index contributed by atoms with van der Waals surface area (Å²) in [5, 5.41) is 8.72. The Labute approximate surface area is 124 Å². The molecule has 0 radical (unpaired) electrons. The monoisotopic (exact) mass is 344 g/mol. The van der Waals surface area contributed by atoms with E-state index in [2.05, 4.69) is 15.9 Å². The summed E-state index contributed by atoms with van der Waals surface area (Å²) < 4.78 is 13.4. The number of hydrogen-bond donors (Lipinski definition) is 1. The molecule has 1 aromatic rings. The number of amides is 1. The lowest BCUT2D eigenvalue weighted by Gasteiger charge is -2.34. The Balaban J connectivity index is 1.99. The van der Waals surface area contributed by atoms with Gasteiger partial charge in [0, 0.05) is 30.7 Å². The maximum Gasteiger partial charge on any atom is 0.317 e. The molecule has 0 atom stereocenters. The van der Waals surface area contributed by atoms with Gasteiger partial charge < -0.3 is 10.0 Å². The lowest BCUT2D eigenvalue weighted by Crippen LogP contribution is -2.49. The Bertz CT molecular complexity index is 530. The van der Waals surface area contributed by atoms with Crippen LogP contribution < -0.4 is 0 Å². The van der Waals surface area contributed by atoms with Gasteiger partial charge >= 0.3 is 5.97 Å².